The van der Waals surface area contributed by atoms with E-state index in [0.717, 1.165) is 31.8 Å². The van der Waals surface area contributed by atoms with Crippen molar-refractivity contribution in [1.82, 2.24) is 10.2 Å². The molecule has 126 valence electrons. The van der Waals surface area contributed by atoms with Gasteiger partial charge in [-0.15, -0.1) is 0 Å². The molecule has 1 rings (SSSR count). The van der Waals surface area contributed by atoms with Gasteiger partial charge in [-0.2, -0.15) is 0 Å². The summed E-state index contributed by atoms with van der Waals surface area (Å²) in [6.45, 7) is 7.70. The molecule has 0 spiro atoms. The van der Waals surface area contributed by atoms with Gasteiger partial charge in [0.25, 0.3) is 0 Å². The first-order valence-corrected chi connectivity index (χ1v) is 8.36. The molecule has 0 saturated heterocycles. The molecule has 0 aromatic rings. The van der Waals surface area contributed by atoms with Gasteiger partial charge in [0.2, 0.25) is 0 Å². The molecule has 0 atom stereocenters. The highest BCUT2D eigenvalue weighted by Gasteiger charge is 2.22. The van der Waals surface area contributed by atoms with Crippen molar-refractivity contribution in [2.45, 2.75) is 44.7 Å². The summed E-state index contributed by atoms with van der Waals surface area (Å²) in [4.78, 5) is 2.45. The Morgan fingerprint density at radius 2 is 1.57 bits per heavy atom. The number of likely N-dealkylation sites (N-methyl/N-ethyl adjacent to an activating group) is 1. The van der Waals surface area contributed by atoms with Gasteiger partial charge in [0, 0.05) is 25.7 Å². The number of nitrogens with one attached hydrogen (secondary N) is 1. The summed E-state index contributed by atoms with van der Waals surface area (Å²) in [6, 6.07) is 1.46. The van der Waals surface area contributed by atoms with E-state index in [-0.39, 0.29) is 0 Å². The molecule has 1 N–H and O–H groups in total. The van der Waals surface area contributed by atoms with Crippen molar-refractivity contribution in [3.05, 3.63) is 0 Å². The molecule has 0 heterocycles. The predicted molar refractivity (Wildman–Crippen MR) is 85.9 cm³/mol. The van der Waals surface area contributed by atoms with E-state index in [1.807, 2.05) is 0 Å². The fraction of sp³-hybridized carbons (Fsp3) is 1.00. The zero-order chi connectivity index (χ0) is 15.3. The Morgan fingerprint density at radius 3 is 2.19 bits per heavy atom. The Kier molecular flexibility index (Phi) is 11.1. The van der Waals surface area contributed by atoms with Crippen LogP contribution in [0.25, 0.3) is 0 Å². The van der Waals surface area contributed by atoms with Crippen LogP contribution in [0.3, 0.4) is 0 Å². The van der Waals surface area contributed by atoms with Gasteiger partial charge in [0.05, 0.1) is 33.0 Å². The zero-order valence-corrected chi connectivity index (χ0v) is 14.1. The lowest BCUT2D eigenvalue weighted by Crippen LogP contribution is -2.41. The molecule has 0 unspecified atom stereocenters. The average molecular weight is 302 g/mol. The van der Waals surface area contributed by atoms with Gasteiger partial charge >= 0.3 is 0 Å². The second-order valence-electron chi connectivity index (χ2n) is 5.76. The first-order valence-electron chi connectivity index (χ1n) is 8.36. The lowest BCUT2D eigenvalue weighted by Gasteiger charge is -2.34. The highest BCUT2D eigenvalue weighted by Crippen LogP contribution is 2.22. The third-order valence-electron chi connectivity index (χ3n) is 4.20. The lowest BCUT2D eigenvalue weighted by molar-refractivity contribution is 0.0172. The van der Waals surface area contributed by atoms with Crippen LogP contribution in [0.4, 0.5) is 0 Å². The van der Waals surface area contributed by atoms with Crippen LogP contribution in [0, 0.1) is 0 Å². The van der Waals surface area contributed by atoms with Crippen LogP contribution in [0.1, 0.15) is 32.6 Å². The van der Waals surface area contributed by atoms with Crippen molar-refractivity contribution >= 4 is 0 Å². The quantitative estimate of drug-likeness (QED) is 0.554. The molecule has 0 aliphatic heterocycles. The number of hydrogen-bond donors (Lipinski definition) is 1. The van der Waals surface area contributed by atoms with E-state index >= 15 is 0 Å². The van der Waals surface area contributed by atoms with E-state index in [1.54, 1.807) is 7.11 Å². The minimum Gasteiger partial charge on any atom is -0.382 e. The third-order valence-corrected chi connectivity index (χ3v) is 4.20. The van der Waals surface area contributed by atoms with E-state index in [0.29, 0.717) is 26.4 Å². The smallest absolute Gasteiger partial charge is 0.0701 e. The van der Waals surface area contributed by atoms with Crippen LogP contribution in [0.15, 0.2) is 0 Å². The molecule has 0 aromatic heterocycles. The third kappa shape index (κ3) is 8.73. The number of ether oxygens (including phenoxy) is 3. The normalized spacial score (nSPS) is 22.9. The molecule has 1 aliphatic carbocycles. The maximum absolute atomic E-state index is 5.62. The molecule has 0 radical (unpaired) electrons. The Balaban J connectivity index is 1.95. The fourth-order valence-corrected chi connectivity index (χ4v) is 2.86. The van der Waals surface area contributed by atoms with Gasteiger partial charge in [-0.05, 0) is 39.3 Å². The summed E-state index contributed by atoms with van der Waals surface area (Å²) in [7, 11) is 3.90. The van der Waals surface area contributed by atoms with Gasteiger partial charge in [-0.1, -0.05) is 6.92 Å². The summed E-state index contributed by atoms with van der Waals surface area (Å²) in [5.74, 6) is 0. The van der Waals surface area contributed by atoms with E-state index in [4.69, 9.17) is 14.2 Å². The first-order chi connectivity index (χ1) is 10.3. The van der Waals surface area contributed by atoms with Crippen molar-refractivity contribution in [1.29, 1.82) is 0 Å². The van der Waals surface area contributed by atoms with Crippen LogP contribution in [0.5, 0.6) is 0 Å². The summed E-state index contributed by atoms with van der Waals surface area (Å²) < 4.78 is 15.9. The Labute approximate surface area is 130 Å². The van der Waals surface area contributed by atoms with Crippen LogP contribution in [0.2, 0.25) is 0 Å². The zero-order valence-electron chi connectivity index (χ0n) is 14.1. The number of methoxy groups -OCH3 is 1. The highest BCUT2D eigenvalue weighted by molar-refractivity contribution is 4.81. The maximum Gasteiger partial charge on any atom is 0.0701 e. The second-order valence-corrected chi connectivity index (χ2v) is 5.76. The summed E-state index contributed by atoms with van der Waals surface area (Å²) in [5, 5.41) is 3.56. The molecule has 1 aliphatic rings. The van der Waals surface area contributed by atoms with Gasteiger partial charge in [-0.3, -0.25) is 0 Å². The minimum atomic E-state index is 0.648. The largest absolute Gasteiger partial charge is 0.382 e. The van der Waals surface area contributed by atoms with Crippen LogP contribution in [-0.2, 0) is 14.2 Å². The second kappa shape index (κ2) is 12.4. The van der Waals surface area contributed by atoms with Crippen molar-refractivity contribution in [3.63, 3.8) is 0 Å². The van der Waals surface area contributed by atoms with E-state index in [9.17, 15) is 0 Å². The Bertz CT molecular complexity index is 234. The SMILES string of the molecule is CCNC1CCC(N(C)CCOCCOCCOC)CC1. The van der Waals surface area contributed by atoms with Crippen LogP contribution < -0.4 is 5.32 Å². The summed E-state index contributed by atoms with van der Waals surface area (Å²) in [5.41, 5.74) is 0. The maximum atomic E-state index is 5.62. The predicted octanol–water partition coefficient (Wildman–Crippen LogP) is 1.52. The Hall–Kier alpha value is -0.200. The molecular weight excluding hydrogens is 268 g/mol. The molecule has 1 fully saturated rings. The fourth-order valence-electron chi connectivity index (χ4n) is 2.86. The summed E-state index contributed by atoms with van der Waals surface area (Å²) in [6.07, 6.45) is 5.21. The van der Waals surface area contributed by atoms with E-state index in [2.05, 4.69) is 24.2 Å². The van der Waals surface area contributed by atoms with Gasteiger partial charge in [0.15, 0.2) is 0 Å². The monoisotopic (exact) mass is 302 g/mol. The molecular formula is C16H34N2O3. The van der Waals surface area contributed by atoms with Crippen LogP contribution in [-0.4, -0.2) is 77.3 Å². The molecule has 5 heteroatoms. The number of rotatable bonds is 12. The van der Waals surface area contributed by atoms with Crippen molar-refractivity contribution in [2.75, 3.05) is 60.3 Å². The van der Waals surface area contributed by atoms with Crippen molar-refractivity contribution in [2.24, 2.45) is 0 Å². The highest BCUT2D eigenvalue weighted by atomic mass is 16.5. The van der Waals surface area contributed by atoms with Crippen molar-refractivity contribution < 1.29 is 14.2 Å². The topological polar surface area (TPSA) is 43.0 Å². The molecule has 0 amide bonds. The number of nitrogens with zero attached hydrogens (tertiary/aromatic N) is 1. The molecule has 0 bridgehead atoms. The molecule has 21 heavy (non-hydrogen) atoms. The molecule has 0 aromatic carbocycles. The van der Waals surface area contributed by atoms with Crippen molar-refractivity contribution in [3.8, 4) is 0 Å². The average Bonchev–Trinajstić information content (AvgIpc) is 2.51. The van der Waals surface area contributed by atoms with E-state index < -0.39 is 0 Å². The first kappa shape index (κ1) is 18.8. The van der Waals surface area contributed by atoms with Gasteiger partial charge in [-0.25, -0.2) is 0 Å². The van der Waals surface area contributed by atoms with Gasteiger partial charge in [0.1, 0.15) is 0 Å². The van der Waals surface area contributed by atoms with E-state index in [1.165, 1.54) is 25.7 Å². The molecule has 5 nitrogen and oxygen atoms in total. The standard InChI is InChI=1S/C16H34N2O3/c1-4-17-15-5-7-16(8-6-15)18(2)9-10-20-13-14-21-12-11-19-3/h15-17H,4-14H2,1-3H3. The van der Waals surface area contributed by atoms with Gasteiger partial charge < -0.3 is 24.4 Å². The Morgan fingerprint density at radius 1 is 0.952 bits per heavy atom. The number of hydrogen-bond acceptors (Lipinski definition) is 5. The minimum absolute atomic E-state index is 0.648. The lowest BCUT2D eigenvalue weighted by atomic mass is 9.90. The molecule has 1 saturated carbocycles. The summed E-state index contributed by atoms with van der Waals surface area (Å²) >= 11 is 0. The van der Waals surface area contributed by atoms with Crippen LogP contribution >= 0.6 is 0 Å².